The molecule has 0 aliphatic rings. The van der Waals surface area contributed by atoms with Crippen LogP contribution in [0.5, 0.6) is 5.75 Å². The molecule has 1 aromatic heterocycles. The Labute approximate surface area is 182 Å². The van der Waals surface area contributed by atoms with Gasteiger partial charge in [0.05, 0.1) is 15.3 Å². The number of nitrogens with one attached hydrogen (secondary N) is 2. The third-order valence-electron chi connectivity index (χ3n) is 3.65. The maximum absolute atomic E-state index is 12.5. The van der Waals surface area contributed by atoms with Crippen molar-refractivity contribution in [1.82, 2.24) is 0 Å². The van der Waals surface area contributed by atoms with Crippen molar-refractivity contribution in [3.05, 3.63) is 64.5 Å². The molecule has 1 heterocycles. The van der Waals surface area contributed by atoms with Crippen LogP contribution in [0.3, 0.4) is 0 Å². The minimum atomic E-state index is -3.82. The predicted octanol–water partition coefficient (Wildman–Crippen LogP) is 4.51. The van der Waals surface area contributed by atoms with Crippen molar-refractivity contribution in [2.24, 2.45) is 0 Å². The molecule has 0 spiro atoms. The third-order valence-corrected chi connectivity index (χ3v) is 8.54. The van der Waals surface area contributed by atoms with E-state index in [2.05, 4.69) is 25.4 Å². The van der Waals surface area contributed by atoms with Gasteiger partial charge in [0.1, 0.15) is 9.96 Å². The fraction of sp³-hybridized carbons (Fsp3) is 0.111. The number of halogens is 1. The third kappa shape index (κ3) is 5.50. The lowest BCUT2D eigenvalue weighted by Crippen LogP contribution is -2.14. The molecule has 0 amide bonds. The van der Waals surface area contributed by atoms with Crippen LogP contribution < -0.4 is 14.2 Å². The molecule has 11 heteroatoms. The summed E-state index contributed by atoms with van der Waals surface area (Å²) < 4.78 is 60.9. The summed E-state index contributed by atoms with van der Waals surface area (Å²) >= 11 is 4.30. The van der Waals surface area contributed by atoms with Gasteiger partial charge in [0.25, 0.3) is 20.0 Å². The second-order valence-corrected chi connectivity index (χ2v) is 11.8. The first-order chi connectivity index (χ1) is 13.7. The van der Waals surface area contributed by atoms with Crippen molar-refractivity contribution in [3.63, 3.8) is 0 Å². The Morgan fingerprint density at radius 1 is 0.828 bits per heavy atom. The van der Waals surface area contributed by atoms with Gasteiger partial charge in [-0.25, -0.2) is 16.8 Å². The topological polar surface area (TPSA) is 102 Å². The molecule has 2 N–H and O–H groups in total. The van der Waals surface area contributed by atoms with Crippen molar-refractivity contribution < 1.29 is 21.6 Å². The number of hydrogen-bond acceptors (Lipinski definition) is 6. The van der Waals surface area contributed by atoms with Crippen LogP contribution in [0.2, 0.25) is 0 Å². The van der Waals surface area contributed by atoms with Crippen LogP contribution in [0.25, 0.3) is 0 Å². The number of benzene rings is 2. The van der Waals surface area contributed by atoms with E-state index in [-0.39, 0.29) is 14.8 Å². The number of ether oxygens (including phenoxy) is 1. The highest BCUT2D eigenvalue weighted by atomic mass is 79.9. The predicted molar refractivity (Wildman–Crippen MR) is 118 cm³/mol. The van der Waals surface area contributed by atoms with Crippen LogP contribution >= 0.6 is 27.3 Å². The van der Waals surface area contributed by atoms with E-state index in [0.29, 0.717) is 21.8 Å². The van der Waals surface area contributed by atoms with Crippen molar-refractivity contribution in [2.75, 3.05) is 16.1 Å². The molecule has 0 atom stereocenters. The summed E-state index contributed by atoms with van der Waals surface area (Å²) in [7, 11) is -7.56. The second kappa shape index (κ2) is 8.74. The average molecular weight is 517 g/mol. The van der Waals surface area contributed by atoms with Crippen LogP contribution in [0, 0.1) is 0 Å². The number of rotatable bonds is 8. The summed E-state index contributed by atoms with van der Waals surface area (Å²) in [6.07, 6.45) is 0. The Morgan fingerprint density at radius 2 is 1.38 bits per heavy atom. The van der Waals surface area contributed by atoms with Gasteiger partial charge < -0.3 is 4.74 Å². The van der Waals surface area contributed by atoms with Crippen LogP contribution in [-0.4, -0.2) is 23.4 Å². The maximum Gasteiger partial charge on any atom is 0.271 e. The van der Waals surface area contributed by atoms with Crippen molar-refractivity contribution in [2.45, 2.75) is 16.0 Å². The van der Waals surface area contributed by atoms with E-state index in [4.69, 9.17) is 4.74 Å². The quantitative estimate of drug-likeness (QED) is 0.458. The van der Waals surface area contributed by atoms with Gasteiger partial charge in [0.15, 0.2) is 0 Å². The van der Waals surface area contributed by atoms with Gasteiger partial charge in [-0.05, 0) is 83.5 Å². The lowest BCUT2D eigenvalue weighted by Gasteiger charge is -2.10. The monoisotopic (exact) mass is 516 g/mol. The summed E-state index contributed by atoms with van der Waals surface area (Å²) in [6, 6.07) is 15.1. The molecule has 0 fully saturated rings. The fourth-order valence-corrected chi connectivity index (χ4v) is 6.48. The van der Waals surface area contributed by atoms with E-state index in [9.17, 15) is 16.8 Å². The molecule has 3 aromatic rings. The maximum atomic E-state index is 12.5. The van der Waals surface area contributed by atoms with E-state index in [1.807, 2.05) is 6.92 Å². The Bertz CT molecular complexity index is 1190. The Morgan fingerprint density at radius 3 is 1.90 bits per heavy atom. The average Bonchev–Trinajstić information content (AvgIpc) is 3.11. The second-order valence-electron chi connectivity index (χ2n) is 5.75. The van der Waals surface area contributed by atoms with Crippen LogP contribution in [-0.2, 0) is 20.0 Å². The van der Waals surface area contributed by atoms with Gasteiger partial charge in [0, 0.05) is 11.4 Å². The highest BCUT2D eigenvalue weighted by Crippen LogP contribution is 2.28. The molecule has 0 aliphatic heterocycles. The summed E-state index contributed by atoms with van der Waals surface area (Å²) in [6.45, 7) is 2.38. The lowest BCUT2D eigenvalue weighted by molar-refractivity contribution is 0.340. The minimum absolute atomic E-state index is 0.00759. The minimum Gasteiger partial charge on any atom is -0.494 e. The standard InChI is InChI=1S/C18H17BrN2O5S3/c1-2-26-15-7-3-13(4-8-15)20-28(22,23)16-9-5-14(6-10-16)21-29(24,25)18-12-11-17(19)27-18/h3-12,20-21H,2H2,1H3. The van der Waals surface area contributed by atoms with E-state index in [1.54, 1.807) is 30.3 Å². The molecule has 3 rings (SSSR count). The molecule has 0 aliphatic carbocycles. The van der Waals surface area contributed by atoms with Gasteiger partial charge in [-0.2, -0.15) is 0 Å². The smallest absolute Gasteiger partial charge is 0.271 e. The summed E-state index contributed by atoms with van der Waals surface area (Å²) in [4.78, 5) is 0.00759. The summed E-state index contributed by atoms with van der Waals surface area (Å²) in [5, 5.41) is 0. The fourth-order valence-electron chi connectivity index (χ4n) is 2.35. The largest absolute Gasteiger partial charge is 0.494 e. The number of sulfonamides is 2. The number of anilines is 2. The molecule has 2 aromatic carbocycles. The first kappa shape index (κ1) is 21.6. The van der Waals surface area contributed by atoms with Crippen molar-refractivity contribution in [1.29, 1.82) is 0 Å². The normalized spacial score (nSPS) is 11.8. The molecule has 154 valence electrons. The zero-order valence-electron chi connectivity index (χ0n) is 15.1. The van der Waals surface area contributed by atoms with E-state index in [0.717, 1.165) is 11.3 Å². The SMILES string of the molecule is CCOc1ccc(NS(=O)(=O)c2ccc(NS(=O)(=O)c3ccc(Br)s3)cc2)cc1. The van der Waals surface area contributed by atoms with Gasteiger partial charge in [-0.1, -0.05) is 0 Å². The van der Waals surface area contributed by atoms with Gasteiger partial charge >= 0.3 is 0 Å². The molecule has 0 radical (unpaired) electrons. The molecule has 29 heavy (non-hydrogen) atoms. The summed E-state index contributed by atoms with van der Waals surface area (Å²) in [5.74, 6) is 0.643. The highest BCUT2D eigenvalue weighted by molar-refractivity contribution is 9.11. The zero-order chi connectivity index (χ0) is 21.1. The number of thiophene rings is 1. The Hall–Kier alpha value is -2.08. The highest BCUT2D eigenvalue weighted by Gasteiger charge is 2.18. The zero-order valence-corrected chi connectivity index (χ0v) is 19.2. The molecule has 0 saturated carbocycles. The van der Waals surface area contributed by atoms with Crippen molar-refractivity contribution >= 4 is 58.7 Å². The van der Waals surface area contributed by atoms with Crippen LogP contribution in [0.4, 0.5) is 11.4 Å². The van der Waals surface area contributed by atoms with Crippen LogP contribution in [0.15, 0.2) is 73.6 Å². The van der Waals surface area contributed by atoms with Gasteiger partial charge in [-0.3, -0.25) is 9.44 Å². The molecular formula is C18H17BrN2O5S3. The Kier molecular flexibility index (Phi) is 6.52. The van der Waals surface area contributed by atoms with Gasteiger partial charge in [0.2, 0.25) is 0 Å². The number of hydrogen-bond donors (Lipinski definition) is 2. The molecule has 0 unspecified atom stereocenters. The molecule has 7 nitrogen and oxygen atoms in total. The van der Waals surface area contributed by atoms with E-state index < -0.39 is 20.0 Å². The lowest BCUT2D eigenvalue weighted by atomic mass is 10.3. The molecule has 0 saturated heterocycles. The summed E-state index contributed by atoms with van der Waals surface area (Å²) in [5.41, 5.74) is 0.649. The van der Waals surface area contributed by atoms with Crippen molar-refractivity contribution in [3.8, 4) is 5.75 Å². The molecular weight excluding hydrogens is 500 g/mol. The Balaban J connectivity index is 1.73. The van der Waals surface area contributed by atoms with E-state index >= 15 is 0 Å². The molecule has 0 bridgehead atoms. The first-order valence-electron chi connectivity index (χ1n) is 8.33. The van der Waals surface area contributed by atoms with Gasteiger partial charge in [-0.15, -0.1) is 11.3 Å². The first-order valence-corrected chi connectivity index (χ1v) is 12.9. The van der Waals surface area contributed by atoms with E-state index in [1.165, 1.54) is 30.3 Å². The van der Waals surface area contributed by atoms with Crippen LogP contribution in [0.1, 0.15) is 6.92 Å².